The molecule has 0 radical (unpaired) electrons. The molecule has 1 aliphatic carbocycles. The van der Waals surface area contributed by atoms with E-state index in [1.807, 2.05) is 22.6 Å². The number of nitrogens with zero attached hydrogens (tertiary/aromatic N) is 3. The SMILES string of the molecule is CC(Cn1c(CCl)nc2cc(I)c(F)cc21)N(C)C1CC1. The number of imidazole rings is 1. The second kappa shape index (κ2) is 6.01. The monoisotopic (exact) mass is 421 g/mol. The van der Waals surface area contributed by atoms with E-state index < -0.39 is 0 Å². The summed E-state index contributed by atoms with van der Waals surface area (Å²) < 4.78 is 16.5. The van der Waals surface area contributed by atoms with Crippen LogP contribution < -0.4 is 0 Å². The molecule has 0 saturated heterocycles. The molecule has 6 heteroatoms. The molecule has 1 heterocycles. The summed E-state index contributed by atoms with van der Waals surface area (Å²) >= 11 is 8.02. The van der Waals surface area contributed by atoms with E-state index in [0.717, 1.165) is 23.4 Å². The molecule has 0 aliphatic heterocycles. The number of benzene rings is 1. The Bertz CT molecular complexity index is 668. The lowest BCUT2D eigenvalue weighted by atomic mass is 10.2. The molecule has 0 bridgehead atoms. The van der Waals surface area contributed by atoms with Gasteiger partial charge in [0.15, 0.2) is 0 Å². The van der Waals surface area contributed by atoms with Crippen molar-refractivity contribution in [2.45, 2.75) is 44.3 Å². The molecule has 1 unspecified atom stereocenters. The van der Waals surface area contributed by atoms with Crippen molar-refractivity contribution < 1.29 is 4.39 Å². The fourth-order valence-electron chi connectivity index (χ4n) is 2.71. The lowest BCUT2D eigenvalue weighted by Crippen LogP contribution is -2.34. The first-order valence-corrected chi connectivity index (χ1v) is 8.74. The molecule has 3 rings (SSSR count). The van der Waals surface area contributed by atoms with E-state index in [2.05, 4.69) is 28.4 Å². The topological polar surface area (TPSA) is 21.1 Å². The summed E-state index contributed by atoms with van der Waals surface area (Å²) in [6.07, 6.45) is 2.56. The van der Waals surface area contributed by atoms with Gasteiger partial charge in [-0.15, -0.1) is 11.6 Å². The molecule has 1 aromatic heterocycles. The van der Waals surface area contributed by atoms with Crippen molar-refractivity contribution >= 4 is 45.2 Å². The zero-order chi connectivity index (χ0) is 15.1. The molecule has 21 heavy (non-hydrogen) atoms. The zero-order valence-corrected chi connectivity index (χ0v) is 15.0. The minimum absolute atomic E-state index is 0.200. The molecule has 114 valence electrons. The van der Waals surface area contributed by atoms with Gasteiger partial charge < -0.3 is 4.57 Å². The summed E-state index contributed by atoms with van der Waals surface area (Å²) in [5, 5.41) is 0. The summed E-state index contributed by atoms with van der Waals surface area (Å²) in [6.45, 7) is 2.98. The van der Waals surface area contributed by atoms with Gasteiger partial charge in [0.2, 0.25) is 0 Å². The number of hydrogen-bond donors (Lipinski definition) is 0. The van der Waals surface area contributed by atoms with Gasteiger partial charge in [0.05, 0.1) is 20.5 Å². The van der Waals surface area contributed by atoms with Crippen LogP contribution in [-0.2, 0) is 12.4 Å². The van der Waals surface area contributed by atoms with Crippen LogP contribution in [0.15, 0.2) is 12.1 Å². The highest BCUT2D eigenvalue weighted by Gasteiger charge is 2.29. The number of hydrogen-bond acceptors (Lipinski definition) is 2. The van der Waals surface area contributed by atoms with Gasteiger partial charge in [0.1, 0.15) is 11.6 Å². The van der Waals surface area contributed by atoms with Crippen LogP contribution in [0.2, 0.25) is 0 Å². The summed E-state index contributed by atoms with van der Waals surface area (Å²) in [5.41, 5.74) is 1.65. The quantitative estimate of drug-likeness (QED) is 0.537. The van der Waals surface area contributed by atoms with E-state index in [1.54, 1.807) is 12.1 Å². The Labute approximate surface area is 142 Å². The lowest BCUT2D eigenvalue weighted by molar-refractivity contribution is 0.226. The smallest absolute Gasteiger partial charge is 0.138 e. The van der Waals surface area contributed by atoms with Gasteiger partial charge in [0.25, 0.3) is 0 Å². The van der Waals surface area contributed by atoms with Gasteiger partial charge in [0, 0.05) is 24.7 Å². The van der Waals surface area contributed by atoms with Gasteiger partial charge >= 0.3 is 0 Å². The molecule has 1 atom stereocenters. The van der Waals surface area contributed by atoms with Crippen LogP contribution in [0, 0.1) is 9.39 Å². The third kappa shape index (κ3) is 3.05. The maximum atomic E-state index is 13.9. The Morgan fingerprint density at radius 1 is 1.52 bits per heavy atom. The standard InChI is InChI=1S/C15H18ClFIN3/c1-9(20(2)10-3-4-10)8-21-14-5-11(17)12(18)6-13(14)19-15(21)7-16/h5-6,9-10H,3-4,7-8H2,1-2H3. The van der Waals surface area contributed by atoms with E-state index in [9.17, 15) is 4.39 Å². The van der Waals surface area contributed by atoms with Crippen molar-refractivity contribution in [1.29, 1.82) is 0 Å². The molecule has 0 N–H and O–H groups in total. The fourth-order valence-corrected chi connectivity index (χ4v) is 3.37. The first-order valence-electron chi connectivity index (χ1n) is 7.13. The van der Waals surface area contributed by atoms with E-state index in [1.165, 1.54) is 12.8 Å². The van der Waals surface area contributed by atoms with Crippen LogP contribution in [0.4, 0.5) is 4.39 Å². The van der Waals surface area contributed by atoms with Crippen LogP contribution >= 0.6 is 34.2 Å². The van der Waals surface area contributed by atoms with Gasteiger partial charge in [-0.2, -0.15) is 0 Å². The largest absolute Gasteiger partial charge is 0.325 e. The van der Waals surface area contributed by atoms with Crippen molar-refractivity contribution in [2.75, 3.05) is 7.05 Å². The maximum Gasteiger partial charge on any atom is 0.138 e. The van der Waals surface area contributed by atoms with Crippen molar-refractivity contribution in [3.8, 4) is 0 Å². The Morgan fingerprint density at radius 3 is 2.86 bits per heavy atom. The maximum absolute atomic E-state index is 13.9. The minimum Gasteiger partial charge on any atom is -0.325 e. The lowest BCUT2D eigenvalue weighted by Gasteiger charge is -2.25. The van der Waals surface area contributed by atoms with Crippen molar-refractivity contribution in [3.05, 3.63) is 27.3 Å². The minimum atomic E-state index is -0.200. The number of rotatable bonds is 5. The van der Waals surface area contributed by atoms with E-state index in [0.29, 0.717) is 21.5 Å². The zero-order valence-electron chi connectivity index (χ0n) is 12.1. The number of fused-ring (bicyclic) bond motifs is 1. The summed E-state index contributed by atoms with van der Waals surface area (Å²) in [5.74, 6) is 0.949. The highest BCUT2D eigenvalue weighted by Crippen LogP contribution is 2.28. The van der Waals surface area contributed by atoms with Crippen LogP contribution in [0.25, 0.3) is 11.0 Å². The van der Waals surface area contributed by atoms with Gasteiger partial charge in [-0.3, -0.25) is 4.90 Å². The Hall–Kier alpha value is -0.400. The fraction of sp³-hybridized carbons (Fsp3) is 0.533. The van der Waals surface area contributed by atoms with Crippen LogP contribution in [0.1, 0.15) is 25.6 Å². The van der Waals surface area contributed by atoms with Crippen molar-refractivity contribution in [2.24, 2.45) is 0 Å². The van der Waals surface area contributed by atoms with E-state index >= 15 is 0 Å². The Balaban J connectivity index is 1.97. The highest BCUT2D eigenvalue weighted by molar-refractivity contribution is 14.1. The molecule has 3 nitrogen and oxygen atoms in total. The van der Waals surface area contributed by atoms with Gasteiger partial charge in [-0.1, -0.05) is 0 Å². The normalized spacial score (nSPS) is 16.9. The van der Waals surface area contributed by atoms with Crippen LogP contribution in [0.5, 0.6) is 0 Å². The van der Waals surface area contributed by atoms with Crippen LogP contribution in [0.3, 0.4) is 0 Å². The summed E-state index contributed by atoms with van der Waals surface area (Å²) in [4.78, 5) is 6.94. The van der Waals surface area contributed by atoms with Gasteiger partial charge in [-0.05, 0) is 55.5 Å². The molecule has 0 spiro atoms. The predicted octanol–water partition coefficient (Wildman–Crippen LogP) is 4.00. The Morgan fingerprint density at radius 2 is 2.24 bits per heavy atom. The molecule has 0 amide bonds. The number of alkyl halides is 1. The van der Waals surface area contributed by atoms with E-state index in [4.69, 9.17) is 11.6 Å². The molecule has 1 saturated carbocycles. The molecule has 1 aromatic carbocycles. The molecule has 2 aromatic rings. The van der Waals surface area contributed by atoms with Crippen molar-refractivity contribution in [1.82, 2.24) is 14.5 Å². The average Bonchev–Trinajstić information content (AvgIpc) is 3.25. The highest BCUT2D eigenvalue weighted by atomic mass is 127. The second-order valence-corrected chi connectivity index (χ2v) is 7.20. The van der Waals surface area contributed by atoms with Gasteiger partial charge in [-0.25, -0.2) is 9.37 Å². The molecule has 1 fully saturated rings. The average molecular weight is 422 g/mol. The van der Waals surface area contributed by atoms with E-state index in [-0.39, 0.29) is 5.82 Å². The molecular formula is C15H18ClFIN3. The predicted molar refractivity (Wildman–Crippen MR) is 92.2 cm³/mol. The first kappa shape index (κ1) is 15.5. The Kier molecular flexibility index (Phi) is 4.43. The number of likely N-dealkylation sites (N-methyl/N-ethyl adjacent to an activating group) is 1. The third-order valence-corrected chi connectivity index (χ3v) is 5.32. The molecule has 1 aliphatic rings. The third-order valence-electron chi connectivity index (χ3n) is 4.25. The summed E-state index contributed by atoms with van der Waals surface area (Å²) in [7, 11) is 2.16. The van der Waals surface area contributed by atoms with Crippen molar-refractivity contribution in [3.63, 3.8) is 0 Å². The number of aromatic nitrogens is 2. The summed E-state index contributed by atoms with van der Waals surface area (Å²) in [6, 6.07) is 4.43. The van der Waals surface area contributed by atoms with Crippen LogP contribution in [-0.4, -0.2) is 33.6 Å². The molecular weight excluding hydrogens is 404 g/mol. The first-order chi connectivity index (χ1) is 10.0. The number of halogens is 3. The second-order valence-electron chi connectivity index (χ2n) is 5.77.